The van der Waals surface area contributed by atoms with Crippen LogP contribution in [0.3, 0.4) is 0 Å². The fraction of sp³-hybridized carbons (Fsp3) is 0.286. The molecule has 1 aliphatic heterocycles. The highest BCUT2D eigenvalue weighted by Gasteiger charge is 2.40. The molecule has 0 saturated carbocycles. The van der Waals surface area contributed by atoms with Gasteiger partial charge in [-0.3, -0.25) is 9.69 Å². The van der Waals surface area contributed by atoms with Crippen LogP contribution in [-0.2, 0) is 9.47 Å². The summed E-state index contributed by atoms with van der Waals surface area (Å²) in [5, 5.41) is 6.30. The van der Waals surface area contributed by atoms with E-state index in [4.69, 9.17) is 9.47 Å². The highest BCUT2D eigenvalue weighted by molar-refractivity contribution is 6.04. The van der Waals surface area contributed by atoms with E-state index in [9.17, 15) is 9.59 Å². The second-order valence-corrected chi connectivity index (χ2v) is 12.3. The maximum Gasteiger partial charge on any atom is 0.416 e. The minimum Gasteiger partial charge on any atom is -0.447 e. The number of amides is 2. The summed E-state index contributed by atoms with van der Waals surface area (Å²) in [6, 6.07) is 20.8. The Hall–Kier alpha value is -5.29. The molecule has 2 aromatic carbocycles. The molecule has 0 bridgehead atoms. The molecule has 3 atom stereocenters. The number of hydrogen-bond acceptors (Lipinski definition) is 8. The summed E-state index contributed by atoms with van der Waals surface area (Å²) < 4.78 is 13.3. The van der Waals surface area contributed by atoms with Gasteiger partial charge in [-0.15, -0.1) is 0 Å². The Bertz CT molecular complexity index is 1850. The van der Waals surface area contributed by atoms with Crippen molar-refractivity contribution >= 4 is 35.1 Å². The number of carbonyl (C=O) groups is 2. The number of benzene rings is 2. The first-order valence-corrected chi connectivity index (χ1v) is 15.2. The van der Waals surface area contributed by atoms with Gasteiger partial charge in [-0.1, -0.05) is 36.4 Å². The van der Waals surface area contributed by atoms with E-state index >= 15 is 0 Å². The normalized spacial score (nSPS) is 16.2. The fourth-order valence-corrected chi connectivity index (χ4v) is 5.48. The Kier molecular flexibility index (Phi) is 8.42. The van der Waals surface area contributed by atoms with Crippen LogP contribution < -0.4 is 15.5 Å². The molecule has 6 rings (SSSR count). The van der Waals surface area contributed by atoms with Crippen LogP contribution in [0.15, 0.2) is 91.5 Å². The first-order valence-electron chi connectivity index (χ1n) is 15.2. The van der Waals surface area contributed by atoms with Crippen molar-refractivity contribution in [1.29, 1.82) is 0 Å². The molecule has 0 aliphatic carbocycles. The van der Waals surface area contributed by atoms with Crippen molar-refractivity contribution < 1.29 is 19.1 Å². The summed E-state index contributed by atoms with van der Waals surface area (Å²) in [7, 11) is 0. The van der Waals surface area contributed by atoms with E-state index in [1.165, 1.54) is 0 Å². The third kappa shape index (κ3) is 6.84. The van der Waals surface area contributed by atoms with Crippen LogP contribution >= 0.6 is 0 Å². The molecule has 11 nitrogen and oxygen atoms in total. The summed E-state index contributed by atoms with van der Waals surface area (Å²) in [6.07, 6.45) is 6.18. The molecule has 236 valence electrons. The number of imidazole rings is 1. The zero-order valence-corrected chi connectivity index (χ0v) is 26.5. The van der Waals surface area contributed by atoms with E-state index in [-0.39, 0.29) is 36.3 Å². The lowest BCUT2D eigenvalue weighted by Gasteiger charge is -2.31. The topological polar surface area (TPSA) is 123 Å². The summed E-state index contributed by atoms with van der Waals surface area (Å²) in [6.45, 7) is 10.1. The highest BCUT2D eigenvalue weighted by atomic mass is 16.6. The molecule has 11 heteroatoms. The molecular weight excluding hydrogens is 582 g/mol. The van der Waals surface area contributed by atoms with Crippen molar-refractivity contribution in [3.05, 3.63) is 103 Å². The van der Waals surface area contributed by atoms with E-state index in [0.29, 0.717) is 23.0 Å². The third-order valence-corrected chi connectivity index (χ3v) is 7.76. The van der Waals surface area contributed by atoms with Gasteiger partial charge in [-0.05, 0) is 81.6 Å². The van der Waals surface area contributed by atoms with Gasteiger partial charge in [0.05, 0.1) is 23.3 Å². The number of ether oxygens (including phenoxy) is 2. The Morgan fingerprint density at radius 3 is 2.39 bits per heavy atom. The lowest BCUT2D eigenvalue weighted by atomic mass is 10.0. The molecule has 1 saturated heterocycles. The number of carbonyl (C=O) groups excluding carboxylic acids is 2. The maximum atomic E-state index is 12.8. The second kappa shape index (κ2) is 12.6. The summed E-state index contributed by atoms with van der Waals surface area (Å²) in [5.74, 6) is 0.670. The summed E-state index contributed by atoms with van der Waals surface area (Å²) in [4.78, 5) is 40.2. The molecule has 1 aliphatic rings. The van der Waals surface area contributed by atoms with E-state index < -0.39 is 6.09 Å². The molecule has 46 heavy (non-hydrogen) atoms. The quantitative estimate of drug-likeness (QED) is 0.186. The van der Waals surface area contributed by atoms with Gasteiger partial charge in [0.15, 0.2) is 0 Å². The molecule has 0 radical (unpaired) electrons. The zero-order valence-electron chi connectivity index (χ0n) is 26.5. The van der Waals surface area contributed by atoms with Crippen molar-refractivity contribution in [2.75, 3.05) is 22.1 Å². The fourth-order valence-electron chi connectivity index (χ4n) is 5.48. The van der Waals surface area contributed by atoms with Crippen LogP contribution in [0.1, 0.15) is 56.6 Å². The molecular formula is C35H37N7O4. The first kappa shape index (κ1) is 30.7. The van der Waals surface area contributed by atoms with Gasteiger partial charge in [0.1, 0.15) is 24.1 Å². The molecule has 4 heterocycles. The van der Waals surface area contributed by atoms with Crippen LogP contribution in [0.2, 0.25) is 0 Å². The van der Waals surface area contributed by atoms with Crippen molar-refractivity contribution in [1.82, 2.24) is 19.4 Å². The van der Waals surface area contributed by atoms with E-state index in [1.807, 2.05) is 75.5 Å². The number of cyclic esters (lactones) is 1. The minimum absolute atomic E-state index is 0.104. The largest absolute Gasteiger partial charge is 0.447 e. The van der Waals surface area contributed by atoms with Gasteiger partial charge in [0, 0.05) is 30.5 Å². The lowest BCUT2D eigenvalue weighted by Crippen LogP contribution is -2.45. The third-order valence-electron chi connectivity index (χ3n) is 7.76. The van der Waals surface area contributed by atoms with Crippen molar-refractivity contribution in [2.45, 2.75) is 58.4 Å². The van der Waals surface area contributed by atoms with Gasteiger partial charge < -0.3 is 24.5 Å². The summed E-state index contributed by atoms with van der Waals surface area (Å²) >= 11 is 0. The highest BCUT2D eigenvalue weighted by Crippen LogP contribution is 2.28. The Morgan fingerprint density at radius 1 is 0.957 bits per heavy atom. The lowest BCUT2D eigenvalue weighted by molar-refractivity contribution is -0.0618. The van der Waals surface area contributed by atoms with Crippen molar-refractivity contribution in [2.24, 2.45) is 0 Å². The number of nitrogens with zero attached hydrogens (tertiary/aromatic N) is 5. The van der Waals surface area contributed by atoms with Crippen molar-refractivity contribution in [3.63, 3.8) is 0 Å². The molecule has 2 amide bonds. The number of nitrogens with one attached hydrogen (secondary N) is 2. The second-order valence-electron chi connectivity index (χ2n) is 12.3. The Balaban J connectivity index is 1.09. The Labute approximate surface area is 267 Å². The molecule has 0 spiro atoms. The molecule has 2 N–H and O–H groups in total. The molecule has 3 aromatic heterocycles. The van der Waals surface area contributed by atoms with E-state index in [2.05, 4.69) is 49.9 Å². The predicted octanol–water partition coefficient (Wildman–Crippen LogP) is 6.75. The zero-order chi connectivity index (χ0) is 32.4. The average Bonchev–Trinajstić information content (AvgIpc) is 3.67. The maximum absolute atomic E-state index is 12.8. The van der Waals surface area contributed by atoms with Crippen LogP contribution in [-0.4, -0.2) is 55.7 Å². The van der Waals surface area contributed by atoms with Gasteiger partial charge in [0.25, 0.3) is 5.91 Å². The standard InChI is InChI=1S/C35H37N7O4/c1-22(38-33-37-17-16-31(40-33)42-29(21-45-34(42)44)23(2)46-35(3,4)5)24-6-8-25(9-7-24)26-10-13-28(14-11-26)39-32(43)27-12-15-30-36-18-19-41(30)20-27/h6-20,22-23,29H,21H2,1-5H3,(H,39,43)(H,37,38,40)/t22-,23+,29+/m0/s1. The number of rotatable bonds is 9. The summed E-state index contributed by atoms with van der Waals surface area (Å²) in [5.41, 5.74) is 4.80. The monoisotopic (exact) mass is 619 g/mol. The molecule has 0 unspecified atom stereocenters. The first-order chi connectivity index (χ1) is 22.0. The van der Waals surface area contributed by atoms with Crippen LogP contribution in [0.5, 0.6) is 0 Å². The molecule has 1 fully saturated rings. The smallest absolute Gasteiger partial charge is 0.416 e. The van der Waals surface area contributed by atoms with Gasteiger partial charge in [-0.25, -0.2) is 14.8 Å². The van der Waals surface area contributed by atoms with E-state index in [0.717, 1.165) is 22.3 Å². The van der Waals surface area contributed by atoms with E-state index in [1.54, 1.807) is 35.6 Å². The number of hydrogen-bond donors (Lipinski definition) is 2. The van der Waals surface area contributed by atoms with Gasteiger partial charge in [0.2, 0.25) is 5.95 Å². The molecule has 5 aromatic rings. The van der Waals surface area contributed by atoms with Gasteiger partial charge >= 0.3 is 6.09 Å². The number of anilines is 3. The number of pyridine rings is 1. The SMILES string of the molecule is C[C@H](Nc1nccc(N2C(=O)OC[C@@H]2[C@@H](C)OC(C)(C)C)n1)c1ccc(-c2ccc(NC(=O)c3ccc4nccn4c3)cc2)cc1. The van der Waals surface area contributed by atoms with Crippen molar-refractivity contribution in [3.8, 4) is 11.1 Å². The number of aromatic nitrogens is 4. The van der Waals surface area contributed by atoms with Crippen LogP contribution in [0.4, 0.5) is 22.2 Å². The minimum atomic E-state index is -0.453. The van der Waals surface area contributed by atoms with Crippen LogP contribution in [0, 0.1) is 0 Å². The number of fused-ring (bicyclic) bond motifs is 1. The Morgan fingerprint density at radius 2 is 1.67 bits per heavy atom. The predicted molar refractivity (Wildman–Crippen MR) is 177 cm³/mol. The van der Waals surface area contributed by atoms with Crippen LogP contribution in [0.25, 0.3) is 16.8 Å². The average molecular weight is 620 g/mol. The van der Waals surface area contributed by atoms with Gasteiger partial charge in [-0.2, -0.15) is 4.98 Å².